The lowest BCUT2D eigenvalue weighted by Gasteiger charge is -2.15. The summed E-state index contributed by atoms with van der Waals surface area (Å²) in [6.45, 7) is 4.06. The number of aromatic nitrogens is 2. The smallest absolute Gasteiger partial charge is 0.277 e. The molecule has 4 N–H and O–H groups in total. The van der Waals surface area contributed by atoms with Crippen LogP contribution in [0.15, 0.2) is 45.5 Å². The largest absolute Gasteiger partial charge is 0.490 e. The lowest BCUT2D eigenvalue weighted by molar-refractivity contribution is 0.0944. The third kappa shape index (κ3) is 6.41. The molecule has 3 aromatic rings. The number of hydrogen-bond donors (Lipinski definition) is 3. The van der Waals surface area contributed by atoms with Gasteiger partial charge in [-0.05, 0) is 52.6 Å². The van der Waals surface area contributed by atoms with Crippen molar-refractivity contribution in [3.63, 3.8) is 0 Å². The van der Waals surface area contributed by atoms with Gasteiger partial charge in [-0.2, -0.15) is 0 Å². The summed E-state index contributed by atoms with van der Waals surface area (Å²) in [5.41, 5.74) is 7.26. The molecule has 0 bridgehead atoms. The van der Waals surface area contributed by atoms with Crippen molar-refractivity contribution in [3.05, 3.63) is 63.5 Å². The van der Waals surface area contributed by atoms with E-state index in [4.69, 9.17) is 15.2 Å². The van der Waals surface area contributed by atoms with E-state index >= 15 is 0 Å². The molecule has 0 spiro atoms. The number of hydrogen-bond acceptors (Lipinski definition) is 8. The number of nitrogens with two attached hydrogens (primary N) is 1. The van der Waals surface area contributed by atoms with Crippen LogP contribution in [0.3, 0.4) is 0 Å². The summed E-state index contributed by atoms with van der Waals surface area (Å²) in [7, 11) is 0. The zero-order chi connectivity index (χ0) is 22.9. The molecule has 9 nitrogen and oxygen atoms in total. The Labute approximate surface area is 192 Å². The molecular formula is C21H23BrFN5O4. The highest BCUT2D eigenvalue weighted by molar-refractivity contribution is 9.10. The van der Waals surface area contributed by atoms with Gasteiger partial charge in [-0.3, -0.25) is 4.79 Å². The van der Waals surface area contributed by atoms with E-state index in [-0.39, 0.29) is 23.9 Å². The lowest BCUT2D eigenvalue weighted by Crippen LogP contribution is -2.32. The lowest BCUT2D eigenvalue weighted by atomic mass is 10.2. The average Bonchev–Trinajstić information content (AvgIpc) is 3.21. The van der Waals surface area contributed by atoms with Gasteiger partial charge in [0.1, 0.15) is 12.4 Å². The number of carbonyl (C=O) groups excluding carboxylic acids is 1. The highest BCUT2D eigenvalue weighted by Crippen LogP contribution is 2.34. The number of ether oxygens (including phenoxy) is 2. The normalized spacial score (nSPS) is 10.7. The number of benzene rings is 2. The number of anilines is 1. The van der Waals surface area contributed by atoms with E-state index in [1.165, 1.54) is 12.1 Å². The Bertz CT molecular complexity index is 1050. The van der Waals surface area contributed by atoms with Gasteiger partial charge in [0.05, 0.1) is 6.61 Å². The summed E-state index contributed by atoms with van der Waals surface area (Å²) in [6, 6.07) is 9.87. The van der Waals surface area contributed by atoms with Crippen LogP contribution in [0.1, 0.15) is 28.5 Å². The fourth-order valence-electron chi connectivity index (χ4n) is 2.76. The molecule has 32 heavy (non-hydrogen) atoms. The van der Waals surface area contributed by atoms with Gasteiger partial charge in [-0.15, -0.1) is 0 Å². The molecule has 1 heterocycles. The molecule has 170 valence electrons. The summed E-state index contributed by atoms with van der Waals surface area (Å²) < 4.78 is 29.9. The van der Waals surface area contributed by atoms with Crippen LogP contribution in [0.5, 0.6) is 11.5 Å². The molecule has 11 heteroatoms. The first-order valence-electron chi connectivity index (χ1n) is 9.87. The molecule has 0 aliphatic heterocycles. The Kier molecular flexibility index (Phi) is 8.40. The van der Waals surface area contributed by atoms with Crippen LogP contribution in [-0.4, -0.2) is 35.9 Å². The van der Waals surface area contributed by atoms with Crippen LogP contribution in [0.25, 0.3) is 0 Å². The number of amides is 1. The first-order chi connectivity index (χ1) is 15.5. The topological polar surface area (TPSA) is 125 Å². The quantitative estimate of drug-likeness (QED) is 0.338. The van der Waals surface area contributed by atoms with Crippen molar-refractivity contribution >= 4 is 27.7 Å². The minimum atomic E-state index is -0.451. The maximum absolute atomic E-state index is 13.1. The second-order valence-electron chi connectivity index (χ2n) is 6.67. The molecule has 3 rings (SSSR count). The molecule has 1 aromatic heterocycles. The minimum Gasteiger partial charge on any atom is -0.490 e. The van der Waals surface area contributed by atoms with Gasteiger partial charge in [0.25, 0.3) is 5.91 Å². The molecule has 0 radical (unpaired) electrons. The molecule has 2 aromatic carbocycles. The Morgan fingerprint density at radius 1 is 1.16 bits per heavy atom. The maximum Gasteiger partial charge on any atom is 0.277 e. The van der Waals surface area contributed by atoms with Crippen LogP contribution in [0.4, 0.5) is 10.2 Å². The van der Waals surface area contributed by atoms with Crippen LogP contribution in [0.2, 0.25) is 0 Å². The van der Waals surface area contributed by atoms with E-state index in [0.717, 1.165) is 15.6 Å². The molecular weight excluding hydrogens is 485 g/mol. The van der Waals surface area contributed by atoms with E-state index in [1.54, 1.807) is 12.1 Å². The molecule has 0 atom stereocenters. The zero-order valence-electron chi connectivity index (χ0n) is 17.4. The first kappa shape index (κ1) is 23.5. The molecule has 0 unspecified atom stereocenters. The Hall–Kier alpha value is -3.18. The van der Waals surface area contributed by atoms with Crippen LogP contribution >= 0.6 is 15.9 Å². The van der Waals surface area contributed by atoms with E-state index in [2.05, 4.69) is 41.5 Å². The highest BCUT2D eigenvalue weighted by atomic mass is 79.9. The highest BCUT2D eigenvalue weighted by Gasteiger charge is 2.15. The van der Waals surface area contributed by atoms with E-state index in [0.29, 0.717) is 37.7 Å². The van der Waals surface area contributed by atoms with Gasteiger partial charge in [0.2, 0.25) is 11.5 Å². The molecule has 0 saturated carbocycles. The zero-order valence-corrected chi connectivity index (χ0v) is 18.9. The van der Waals surface area contributed by atoms with E-state index in [9.17, 15) is 9.18 Å². The summed E-state index contributed by atoms with van der Waals surface area (Å²) in [4.78, 5) is 11.9. The molecule has 0 aliphatic rings. The maximum atomic E-state index is 13.1. The summed E-state index contributed by atoms with van der Waals surface area (Å²) in [5, 5.41) is 12.7. The third-order valence-electron chi connectivity index (χ3n) is 4.35. The van der Waals surface area contributed by atoms with Crippen molar-refractivity contribution in [3.8, 4) is 11.5 Å². The van der Waals surface area contributed by atoms with Crippen molar-refractivity contribution in [2.45, 2.75) is 20.1 Å². The van der Waals surface area contributed by atoms with Crippen molar-refractivity contribution in [2.75, 3.05) is 25.4 Å². The second-order valence-corrected chi connectivity index (χ2v) is 7.52. The summed E-state index contributed by atoms with van der Waals surface area (Å²) >= 11 is 3.56. The van der Waals surface area contributed by atoms with Gasteiger partial charge >= 0.3 is 0 Å². The monoisotopic (exact) mass is 507 g/mol. The van der Waals surface area contributed by atoms with Crippen molar-refractivity contribution in [2.24, 2.45) is 0 Å². The van der Waals surface area contributed by atoms with Gasteiger partial charge in [0.15, 0.2) is 11.5 Å². The number of rotatable bonds is 11. The SMILES string of the molecule is CCOc1cc(CNCCNC(=O)c2nonc2N)c(Br)cc1OCc1ccc(F)cc1. The van der Waals surface area contributed by atoms with Gasteiger partial charge in [-0.25, -0.2) is 9.02 Å². The number of halogens is 2. The van der Waals surface area contributed by atoms with Crippen molar-refractivity contribution < 1.29 is 23.3 Å². The van der Waals surface area contributed by atoms with Crippen molar-refractivity contribution in [1.82, 2.24) is 20.9 Å². The number of nitrogens with one attached hydrogen (secondary N) is 2. The van der Waals surface area contributed by atoms with E-state index in [1.807, 2.05) is 19.1 Å². The second kappa shape index (κ2) is 11.4. The van der Waals surface area contributed by atoms with E-state index < -0.39 is 5.91 Å². The van der Waals surface area contributed by atoms with Crippen molar-refractivity contribution in [1.29, 1.82) is 0 Å². The number of nitrogens with zero attached hydrogens (tertiary/aromatic N) is 2. The molecule has 0 fully saturated rings. The predicted molar refractivity (Wildman–Crippen MR) is 119 cm³/mol. The fourth-order valence-corrected chi connectivity index (χ4v) is 3.22. The molecule has 0 aliphatic carbocycles. The average molecular weight is 508 g/mol. The Morgan fingerprint density at radius 3 is 2.59 bits per heavy atom. The van der Waals surface area contributed by atoms with Crippen LogP contribution in [-0.2, 0) is 13.2 Å². The minimum absolute atomic E-state index is 0.0367. The number of nitrogen functional groups attached to an aromatic ring is 1. The molecule has 0 saturated heterocycles. The Balaban J connectivity index is 1.53. The van der Waals surface area contributed by atoms with Gasteiger partial charge < -0.3 is 25.8 Å². The molecule has 1 amide bonds. The van der Waals surface area contributed by atoms with Gasteiger partial charge in [0, 0.05) is 24.1 Å². The fraction of sp³-hybridized carbons (Fsp3) is 0.286. The van der Waals surface area contributed by atoms with Crippen LogP contribution < -0.4 is 25.8 Å². The van der Waals surface area contributed by atoms with Gasteiger partial charge in [-0.1, -0.05) is 28.1 Å². The first-order valence-corrected chi connectivity index (χ1v) is 10.7. The Morgan fingerprint density at radius 2 is 1.91 bits per heavy atom. The predicted octanol–water partition coefficient (Wildman–Crippen LogP) is 3.05. The third-order valence-corrected chi connectivity index (χ3v) is 5.09. The summed E-state index contributed by atoms with van der Waals surface area (Å²) in [5.74, 6) is 0.398. The summed E-state index contributed by atoms with van der Waals surface area (Å²) in [6.07, 6.45) is 0. The van der Waals surface area contributed by atoms with Crippen LogP contribution in [0, 0.1) is 5.82 Å². The standard InChI is InChI=1S/C21H23BrFN5O4/c1-2-30-17-9-14(11-25-7-8-26-21(29)19-20(24)28-32-27-19)16(22)10-18(17)31-12-13-3-5-15(23)6-4-13/h3-6,9-10,25H,2,7-8,11-12H2,1H3,(H2,24,28)(H,26,29). The number of carbonyl (C=O) groups is 1.